The van der Waals surface area contributed by atoms with Crippen LogP contribution >= 0.6 is 0 Å². The number of carbonyl (C=O) groups is 1. The van der Waals surface area contributed by atoms with Crippen LogP contribution in [0.3, 0.4) is 0 Å². The van der Waals surface area contributed by atoms with Crippen molar-refractivity contribution in [2.24, 2.45) is 0 Å². The molecule has 0 radical (unpaired) electrons. The topological polar surface area (TPSA) is 110 Å². The van der Waals surface area contributed by atoms with E-state index in [4.69, 9.17) is 0 Å². The quantitative estimate of drug-likeness (QED) is 0.0411. The Kier molecular flexibility index (Phi) is 30.3. The zero-order valence-corrected chi connectivity index (χ0v) is 27.5. The Balaban J connectivity index is 3.90. The van der Waals surface area contributed by atoms with Crippen molar-refractivity contribution in [2.45, 2.75) is 192 Å². The van der Waals surface area contributed by atoms with Gasteiger partial charge in [-0.25, -0.2) is 0 Å². The van der Waals surface area contributed by atoms with Crippen LogP contribution in [0.2, 0.25) is 0 Å². The Morgan fingerprint density at radius 3 is 1.50 bits per heavy atom. The number of amides is 1. The minimum absolute atomic E-state index is 0.361. The number of aliphatic hydroxyl groups excluding tert-OH is 4. The van der Waals surface area contributed by atoms with Gasteiger partial charge in [0.05, 0.1) is 18.8 Å². The lowest BCUT2D eigenvalue weighted by molar-refractivity contribution is -0.132. The van der Waals surface area contributed by atoms with Crippen LogP contribution in [0.4, 0.5) is 0 Å². The summed E-state index contributed by atoms with van der Waals surface area (Å²) in [5.41, 5.74) is 0. The predicted molar refractivity (Wildman–Crippen MR) is 177 cm³/mol. The molecular weight excluding hydrogens is 526 g/mol. The number of unbranched alkanes of at least 4 members (excludes halogenated alkanes) is 18. The second kappa shape index (κ2) is 31.2. The van der Waals surface area contributed by atoms with Crippen molar-refractivity contribution in [3.8, 4) is 0 Å². The summed E-state index contributed by atoms with van der Waals surface area (Å²) in [6.07, 6.45) is 32.1. The summed E-state index contributed by atoms with van der Waals surface area (Å²) < 4.78 is 0. The number of hydrogen-bond acceptors (Lipinski definition) is 5. The minimum atomic E-state index is -1.28. The van der Waals surface area contributed by atoms with Crippen molar-refractivity contribution < 1.29 is 25.2 Å². The Bertz CT molecular complexity index is 638. The monoisotopic (exact) mass is 596 g/mol. The van der Waals surface area contributed by atoms with E-state index >= 15 is 0 Å². The smallest absolute Gasteiger partial charge is 0.249 e. The summed E-state index contributed by atoms with van der Waals surface area (Å²) in [4.78, 5) is 12.4. The Labute approximate surface area is 259 Å². The summed E-state index contributed by atoms with van der Waals surface area (Å²) >= 11 is 0. The molecular formula is C36H69NO5. The van der Waals surface area contributed by atoms with E-state index in [0.29, 0.717) is 19.3 Å². The van der Waals surface area contributed by atoms with Gasteiger partial charge >= 0.3 is 0 Å². The molecule has 6 nitrogen and oxygen atoms in total. The van der Waals surface area contributed by atoms with Crippen molar-refractivity contribution in [3.63, 3.8) is 0 Å². The highest BCUT2D eigenvalue weighted by Gasteiger charge is 2.28. The first-order valence-electron chi connectivity index (χ1n) is 17.7. The molecule has 1 amide bonds. The Hall–Kier alpha value is -1.21. The number of nitrogens with one attached hydrogen (secondary N) is 1. The van der Waals surface area contributed by atoms with E-state index < -0.39 is 36.9 Å². The molecule has 0 aliphatic rings. The van der Waals surface area contributed by atoms with Gasteiger partial charge < -0.3 is 25.7 Å². The van der Waals surface area contributed by atoms with Gasteiger partial charge in [-0.15, -0.1) is 0 Å². The molecule has 0 saturated carbocycles. The van der Waals surface area contributed by atoms with Gasteiger partial charge in [0.25, 0.3) is 0 Å². The van der Waals surface area contributed by atoms with Gasteiger partial charge in [0, 0.05) is 0 Å². The largest absolute Gasteiger partial charge is 0.394 e. The molecule has 6 heteroatoms. The van der Waals surface area contributed by atoms with Crippen LogP contribution in [0.25, 0.3) is 0 Å². The molecule has 0 saturated heterocycles. The third kappa shape index (κ3) is 25.3. The molecule has 0 spiro atoms. The zero-order chi connectivity index (χ0) is 31.1. The minimum Gasteiger partial charge on any atom is -0.394 e. The first-order valence-corrected chi connectivity index (χ1v) is 17.7. The molecule has 0 rings (SSSR count). The molecule has 0 aliphatic heterocycles. The van der Waals surface area contributed by atoms with Gasteiger partial charge in [0.1, 0.15) is 12.2 Å². The van der Waals surface area contributed by atoms with E-state index in [0.717, 1.165) is 38.5 Å². The van der Waals surface area contributed by atoms with Gasteiger partial charge in [0.2, 0.25) is 5.91 Å². The molecule has 0 aromatic heterocycles. The fourth-order valence-corrected chi connectivity index (χ4v) is 5.24. The first-order chi connectivity index (χ1) is 20.5. The normalized spacial score (nSPS) is 14.9. The molecule has 5 N–H and O–H groups in total. The van der Waals surface area contributed by atoms with E-state index in [1.807, 2.05) is 0 Å². The van der Waals surface area contributed by atoms with Crippen molar-refractivity contribution >= 4 is 5.91 Å². The van der Waals surface area contributed by atoms with E-state index in [2.05, 4.69) is 43.5 Å². The summed E-state index contributed by atoms with van der Waals surface area (Å²) in [6.45, 7) is 3.97. The summed E-state index contributed by atoms with van der Waals surface area (Å²) in [5.74, 6) is -0.602. The van der Waals surface area contributed by atoms with Crippen molar-refractivity contribution in [1.82, 2.24) is 5.32 Å². The summed E-state index contributed by atoms with van der Waals surface area (Å²) in [5, 5.41) is 43.2. The third-order valence-corrected chi connectivity index (χ3v) is 8.14. The lowest BCUT2D eigenvalue weighted by Crippen LogP contribution is -2.53. The number of rotatable bonds is 31. The number of hydrogen-bond donors (Lipinski definition) is 5. The standard InChI is InChI=1S/C36H69NO5/c1-3-5-7-9-11-13-14-15-16-17-18-19-20-22-23-25-27-29-33(39)35(41)32(31-38)37-36(42)34(40)30-28-26-24-21-12-10-8-6-4-2/h17-18,22-23,32-35,38-41H,3-16,19-21,24-31H2,1-2H3,(H,37,42)/b18-17+,23-22+. The maximum absolute atomic E-state index is 12.4. The van der Waals surface area contributed by atoms with E-state index in [-0.39, 0.29) is 0 Å². The van der Waals surface area contributed by atoms with Crippen LogP contribution in [0, 0.1) is 0 Å². The van der Waals surface area contributed by atoms with Crippen molar-refractivity contribution in [2.75, 3.05) is 6.61 Å². The molecule has 0 aliphatic carbocycles. The molecule has 0 aromatic rings. The molecule has 4 unspecified atom stereocenters. The first kappa shape index (κ1) is 40.8. The Morgan fingerprint density at radius 1 is 0.571 bits per heavy atom. The van der Waals surface area contributed by atoms with Gasteiger partial charge in [-0.05, 0) is 51.4 Å². The van der Waals surface area contributed by atoms with E-state index in [1.54, 1.807) is 0 Å². The van der Waals surface area contributed by atoms with Crippen LogP contribution < -0.4 is 5.32 Å². The highest BCUT2D eigenvalue weighted by molar-refractivity contribution is 5.80. The van der Waals surface area contributed by atoms with Gasteiger partial charge in [-0.3, -0.25) is 4.79 Å². The van der Waals surface area contributed by atoms with Gasteiger partial charge in [-0.2, -0.15) is 0 Å². The zero-order valence-electron chi connectivity index (χ0n) is 27.5. The van der Waals surface area contributed by atoms with Crippen molar-refractivity contribution in [1.29, 1.82) is 0 Å². The maximum atomic E-state index is 12.4. The predicted octanol–water partition coefficient (Wildman–Crippen LogP) is 8.06. The third-order valence-electron chi connectivity index (χ3n) is 8.14. The fraction of sp³-hybridized carbons (Fsp3) is 0.861. The lowest BCUT2D eigenvalue weighted by atomic mass is 10.00. The van der Waals surface area contributed by atoms with E-state index in [1.165, 1.54) is 96.3 Å². The van der Waals surface area contributed by atoms with Gasteiger partial charge in [-0.1, -0.05) is 141 Å². The number of aliphatic hydroxyl groups is 4. The second-order valence-electron chi connectivity index (χ2n) is 12.2. The lowest BCUT2D eigenvalue weighted by Gasteiger charge is -2.27. The van der Waals surface area contributed by atoms with Crippen LogP contribution in [0.1, 0.15) is 168 Å². The van der Waals surface area contributed by atoms with Gasteiger partial charge in [0.15, 0.2) is 0 Å². The maximum Gasteiger partial charge on any atom is 0.249 e. The molecule has 42 heavy (non-hydrogen) atoms. The van der Waals surface area contributed by atoms with Crippen molar-refractivity contribution in [3.05, 3.63) is 24.3 Å². The fourth-order valence-electron chi connectivity index (χ4n) is 5.24. The van der Waals surface area contributed by atoms with Crippen LogP contribution in [-0.2, 0) is 4.79 Å². The van der Waals surface area contributed by atoms with Crippen LogP contribution in [0.15, 0.2) is 24.3 Å². The summed E-state index contributed by atoms with van der Waals surface area (Å²) in [6, 6.07) is -1.00. The van der Waals surface area contributed by atoms with Crippen LogP contribution in [-0.4, -0.2) is 57.3 Å². The molecule has 0 fully saturated rings. The summed E-state index contributed by atoms with van der Waals surface area (Å²) in [7, 11) is 0. The average Bonchev–Trinajstić information content (AvgIpc) is 2.99. The molecule has 0 bridgehead atoms. The second-order valence-corrected chi connectivity index (χ2v) is 12.2. The molecule has 0 heterocycles. The highest BCUT2D eigenvalue weighted by Crippen LogP contribution is 2.14. The Morgan fingerprint density at radius 2 is 1.00 bits per heavy atom. The molecule has 4 atom stereocenters. The number of allylic oxidation sites excluding steroid dienone is 4. The number of carbonyl (C=O) groups excluding carboxylic acids is 1. The molecule has 0 aromatic carbocycles. The van der Waals surface area contributed by atoms with E-state index in [9.17, 15) is 25.2 Å². The van der Waals surface area contributed by atoms with Crippen LogP contribution in [0.5, 0.6) is 0 Å². The average molecular weight is 596 g/mol. The highest BCUT2D eigenvalue weighted by atomic mass is 16.3. The SMILES string of the molecule is CCCCCCCCCC/C=C/CC/C=C/CCCC(O)C(O)C(CO)NC(=O)C(O)CCCCCCCCCCC. The molecule has 248 valence electrons.